The van der Waals surface area contributed by atoms with Crippen molar-refractivity contribution in [2.75, 3.05) is 44.7 Å². The fraction of sp³-hybridized carbons (Fsp3) is 0.643. The summed E-state index contributed by atoms with van der Waals surface area (Å²) in [6.45, 7) is 8.58. The summed E-state index contributed by atoms with van der Waals surface area (Å²) < 4.78 is 0. The molecule has 1 aliphatic heterocycles. The average Bonchev–Trinajstić information content (AvgIpc) is 2.41. The minimum absolute atomic E-state index is 0.920. The Kier molecular flexibility index (Phi) is 4.96. The van der Waals surface area contributed by atoms with E-state index in [-0.39, 0.29) is 0 Å². The number of aromatic nitrogens is 1. The van der Waals surface area contributed by atoms with Gasteiger partial charge in [-0.05, 0) is 26.1 Å². The van der Waals surface area contributed by atoms with Gasteiger partial charge >= 0.3 is 0 Å². The van der Waals surface area contributed by atoms with E-state index in [4.69, 9.17) is 0 Å². The topological polar surface area (TPSA) is 31.4 Å². The number of piperazine rings is 1. The lowest BCUT2D eigenvalue weighted by molar-refractivity contribution is 0.311. The maximum Gasteiger partial charge on any atom is 0.133 e. The summed E-state index contributed by atoms with van der Waals surface area (Å²) in [5, 5.41) is 3.46. The average molecular weight is 248 g/mol. The summed E-state index contributed by atoms with van der Waals surface area (Å²) in [5.74, 6) is 1.16. The first-order valence-corrected chi connectivity index (χ1v) is 6.89. The third kappa shape index (κ3) is 3.43. The third-order valence-corrected chi connectivity index (χ3v) is 3.41. The lowest BCUT2D eigenvalue weighted by Crippen LogP contribution is -2.45. The molecule has 0 bridgehead atoms. The third-order valence-electron chi connectivity index (χ3n) is 3.41. The zero-order valence-electron chi connectivity index (χ0n) is 11.5. The highest BCUT2D eigenvalue weighted by Gasteiger charge is 2.17. The molecular formula is C14H24N4. The van der Waals surface area contributed by atoms with Gasteiger partial charge in [-0.2, -0.15) is 0 Å². The number of hydrogen-bond donors (Lipinski definition) is 1. The Morgan fingerprint density at radius 2 is 2.06 bits per heavy atom. The first kappa shape index (κ1) is 13.3. The first-order valence-electron chi connectivity index (χ1n) is 6.89. The zero-order valence-corrected chi connectivity index (χ0v) is 11.5. The lowest BCUT2D eigenvalue weighted by Gasteiger charge is -2.34. The summed E-state index contributed by atoms with van der Waals surface area (Å²) >= 11 is 0. The van der Waals surface area contributed by atoms with Crippen LogP contribution in [-0.2, 0) is 6.54 Å². The number of nitrogens with one attached hydrogen (secondary N) is 1. The zero-order chi connectivity index (χ0) is 12.8. The van der Waals surface area contributed by atoms with Crippen LogP contribution in [0.4, 0.5) is 5.82 Å². The molecule has 1 fully saturated rings. The van der Waals surface area contributed by atoms with Gasteiger partial charge in [-0.3, -0.25) is 0 Å². The van der Waals surface area contributed by atoms with E-state index in [1.165, 1.54) is 12.0 Å². The predicted molar refractivity (Wildman–Crippen MR) is 75.9 cm³/mol. The molecule has 0 atom stereocenters. The fourth-order valence-electron chi connectivity index (χ4n) is 2.27. The van der Waals surface area contributed by atoms with E-state index < -0.39 is 0 Å². The molecule has 0 aliphatic carbocycles. The Hall–Kier alpha value is -1.13. The van der Waals surface area contributed by atoms with Crippen molar-refractivity contribution in [2.45, 2.75) is 19.9 Å². The van der Waals surface area contributed by atoms with Gasteiger partial charge in [0.1, 0.15) is 5.82 Å². The Morgan fingerprint density at radius 1 is 1.28 bits per heavy atom. The number of hydrogen-bond acceptors (Lipinski definition) is 4. The molecule has 0 spiro atoms. The largest absolute Gasteiger partial charge is 0.354 e. The summed E-state index contributed by atoms with van der Waals surface area (Å²) in [6, 6.07) is 4.21. The standard InChI is InChI=1S/C14H24N4/c1-3-6-15-12-13-5-4-7-16-14(13)18-10-8-17(2)9-11-18/h4-5,7,15H,3,6,8-12H2,1-2H3. The Balaban J connectivity index is 2.02. The van der Waals surface area contributed by atoms with E-state index in [9.17, 15) is 0 Å². The number of nitrogens with zero attached hydrogens (tertiary/aromatic N) is 3. The van der Waals surface area contributed by atoms with Crippen LogP contribution in [-0.4, -0.2) is 49.7 Å². The smallest absolute Gasteiger partial charge is 0.133 e. The molecule has 1 aromatic rings. The van der Waals surface area contributed by atoms with E-state index in [2.05, 4.69) is 40.1 Å². The maximum absolute atomic E-state index is 4.57. The number of likely N-dealkylation sites (N-methyl/N-ethyl adjacent to an activating group) is 1. The van der Waals surface area contributed by atoms with E-state index >= 15 is 0 Å². The molecule has 2 heterocycles. The molecule has 0 radical (unpaired) electrons. The van der Waals surface area contributed by atoms with Crippen molar-refractivity contribution >= 4 is 5.82 Å². The molecule has 18 heavy (non-hydrogen) atoms. The van der Waals surface area contributed by atoms with Crippen molar-refractivity contribution in [1.29, 1.82) is 0 Å². The van der Waals surface area contributed by atoms with Crippen molar-refractivity contribution in [3.63, 3.8) is 0 Å². The summed E-state index contributed by atoms with van der Waals surface area (Å²) in [6.07, 6.45) is 3.07. The molecule has 1 aromatic heterocycles. The Labute approximate surface area is 110 Å². The van der Waals surface area contributed by atoms with Crippen LogP contribution in [0.1, 0.15) is 18.9 Å². The van der Waals surface area contributed by atoms with Crippen LogP contribution in [0.3, 0.4) is 0 Å². The minimum atomic E-state index is 0.920. The van der Waals surface area contributed by atoms with Crippen LogP contribution in [0.5, 0.6) is 0 Å². The van der Waals surface area contributed by atoms with Gasteiger partial charge in [0.05, 0.1) is 0 Å². The second kappa shape index (κ2) is 6.71. The van der Waals surface area contributed by atoms with Gasteiger partial charge in [-0.15, -0.1) is 0 Å². The fourth-order valence-corrected chi connectivity index (χ4v) is 2.27. The van der Waals surface area contributed by atoms with E-state index in [0.717, 1.165) is 45.1 Å². The van der Waals surface area contributed by atoms with Gasteiger partial charge in [0, 0.05) is 44.5 Å². The molecule has 0 aromatic carbocycles. The number of pyridine rings is 1. The molecule has 4 nitrogen and oxygen atoms in total. The van der Waals surface area contributed by atoms with Crippen LogP contribution in [0, 0.1) is 0 Å². The monoisotopic (exact) mass is 248 g/mol. The van der Waals surface area contributed by atoms with Gasteiger partial charge in [0.25, 0.3) is 0 Å². The lowest BCUT2D eigenvalue weighted by atomic mass is 10.2. The SMILES string of the molecule is CCCNCc1cccnc1N1CCN(C)CC1. The normalized spacial score (nSPS) is 17.1. The second-order valence-corrected chi connectivity index (χ2v) is 4.95. The van der Waals surface area contributed by atoms with E-state index in [1.807, 2.05) is 12.3 Å². The highest BCUT2D eigenvalue weighted by atomic mass is 15.3. The molecule has 1 saturated heterocycles. The molecule has 100 valence electrons. The quantitative estimate of drug-likeness (QED) is 0.797. The van der Waals surface area contributed by atoms with Crippen molar-refractivity contribution in [3.05, 3.63) is 23.9 Å². The second-order valence-electron chi connectivity index (χ2n) is 4.95. The summed E-state index contributed by atoms with van der Waals surface area (Å²) in [7, 11) is 2.18. The van der Waals surface area contributed by atoms with Crippen LogP contribution in [0.25, 0.3) is 0 Å². The van der Waals surface area contributed by atoms with Crippen LogP contribution < -0.4 is 10.2 Å². The summed E-state index contributed by atoms with van der Waals surface area (Å²) in [5.41, 5.74) is 1.32. The molecular weight excluding hydrogens is 224 g/mol. The van der Waals surface area contributed by atoms with Gasteiger partial charge in [0.15, 0.2) is 0 Å². The van der Waals surface area contributed by atoms with Crippen molar-refractivity contribution < 1.29 is 0 Å². The summed E-state index contributed by atoms with van der Waals surface area (Å²) in [4.78, 5) is 9.35. The molecule has 2 rings (SSSR count). The Morgan fingerprint density at radius 3 is 2.78 bits per heavy atom. The number of rotatable bonds is 5. The van der Waals surface area contributed by atoms with Crippen LogP contribution in [0.15, 0.2) is 18.3 Å². The minimum Gasteiger partial charge on any atom is -0.354 e. The van der Waals surface area contributed by atoms with Crippen LogP contribution in [0.2, 0.25) is 0 Å². The first-order chi connectivity index (χ1) is 8.81. The van der Waals surface area contributed by atoms with E-state index in [0.29, 0.717) is 0 Å². The van der Waals surface area contributed by atoms with Crippen molar-refractivity contribution in [1.82, 2.24) is 15.2 Å². The highest BCUT2D eigenvalue weighted by Crippen LogP contribution is 2.18. The van der Waals surface area contributed by atoms with Gasteiger partial charge in [0.2, 0.25) is 0 Å². The Bertz CT molecular complexity index is 359. The van der Waals surface area contributed by atoms with Crippen LogP contribution >= 0.6 is 0 Å². The molecule has 1 N–H and O–H groups in total. The number of anilines is 1. The van der Waals surface area contributed by atoms with Crippen molar-refractivity contribution in [2.24, 2.45) is 0 Å². The van der Waals surface area contributed by atoms with Gasteiger partial charge in [-0.1, -0.05) is 13.0 Å². The van der Waals surface area contributed by atoms with Gasteiger partial charge in [-0.25, -0.2) is 4.98 Å². The van der Waals surface area contributed by atoms with E-state index in [1.54, 1.807) is 0 Å². The van der Waals surface area contributed by atoms with Gasteiger partial charge < -0.3 is 15.1 Å². The molecule has 4 heteroatoms. The highest BCUT2D eigenvalue weighted by molar-refractivity contribution is 5.47. The predicted octanol–water partition coefficient (Wildman–Crippen LogP) is 1.33. The molecule has 0 saturated carbocycles. The molecule has 1 aliphatic rings. The maximum atomic E-state index is 4.57. The van der Waals surface area contributed by atoms with Crippen molar-refractivity contribution in [3.8, 4) is 0 Å². The molecule has 0 amide bonds. The molecule has 0 unspecified atom stereocenters.